The second-order valence-electron chi connectivity index (χ2n) is 5.16. The van der Waals surface area contributed by atoms with Crippen LogP contribution in [0.4, 0.5) is 0 Å². The molecule has 0 unspecified atom stereocenters. The van der Waals surface area contributed by atoms with Crippen molar-refractivity contribution in [3.63, 3.8) is 0 Å². The van der Waals surface area contributed by atoms with Crippen molar-refractivity contribution >= 4 is 10.8 Å². The molecule has 0 aromatic heterocycles. The summed E-state index contributed by atoms with van der Waals surface area (Å²) in [4.78, 5) is 0. The molecule has 0 aliphatic heterocycles. The summed E-state index contributed by atoms with van der Waals surface area (Å²) >= 11 is 0. The normalized spacial score (nSPS) is 10.7. The van der Waals surface area contributed by atoms with Crippen LogP contribution in [0.2, 0.25) is 0 Å². The number of aryl methyl sites for hydroxylation is 1. The van der Waals surface area contributed by atoms with E-state index in [9.17, 15) is 5.11 Å². The third-order valence-electron chi connectivity index (χ3n) is 3.96. The topological polar surface area (TPSA) is 38.7 Å². The lowest BCUT2D eigenvalue weighted by Gasteiger charge is -2.16. The number of hydrogen-bond acceptors (Lipinski definition) is 3. The van der Waals surface area contributed by atoms with Crippen molar-refractivity contribution in [1.29, 1.82) is 0 Å². The molecule has 112 valence electrons. The summed E-state index contributed by atoms with van der Waals surface area (Å²) in [7, 11) is 3.23. The highest BCUT2D eigenvalue weighted by Crippen LogP contribution is 2.44. The molecule has 0 atom stereocenters. The Morgan fingerprint density at radius 2 is 1.64 bits per heavy atom. The number of fused-ring (bicyclic) bond motifs is 1. The van der Waals surface area contributed by atoms with Crippen LogP contribution >= 0.6 is 0 Å². The van der Waals surface area contributed by atoms with Crippen LogP contribution in [0.1, 0.15) is 5.56 Å². The minimum Gasteiger partial charge on any atom is -0.508 e. The fraction of sp³-hybridized carbons (Fsp3) is 0.158. The van der Waals surface area contributed by atoms with Crippen molar-refractivity contribution < 1.29 is 14.6 Å². The zero-order valence-corrected chi connectivity index (χ0v) is 12.9. The summed E-state index contributed by atoms with van der Waals surface area (Å²) in [6, 6.07) is 15.7. The molecule has 3 heteroatoms. The molecule has 0 radical (unpaired) electrons. The van der Waals surface area contributed by atoms with Crippen LogP contribution in [0.15, 0.2) is 48.5 Å². The molecule has 0 saturated heterocycles. The van der Waals surface area contributed by atoms with Gasteiger partial charge in [0.25, 0.3) is 0 Å². The number of hydrogen-bond donors (Lipinski definition) is 1. The van der Waals surface area contributed by atoms with Crippen LogP contribution in [0, 0.1) is 6.92 Å². The van der Waals surface area contributed by atoms with Gasteiger partial charge in [0.05, 0.1) is 14.2 Å². The number of benzene rings is 3. The van der Waals surface area contributed by atoms with Gasteiger partial charge in [-0.1, -0.05) is 30.3 Å². The van der Waals surface area contributed by atoms with Crippen LogP contribution in [0.3, 0.4) is 0 Å². The van der Waals surface area contributed by atoms with Gasteiger partial charge in [-0.05, 0) is 41.6 Å². The van der Waals surface area contributed by atoms with Gasteiger partial charge in [-0.3, -0.25) is 0 Å². The lowest BCUT2D eigenvalue weighted by Crippen LogP contribution is -1.94. The van der Waals surface area contributed by atoms with Gasteiger partial charge < -0.3 is 14.6 Å². The molecule has 0 spiro atoms. The van der Waals surface area contributed by atoms with Gasteiger partial charge in [0.1, 0.15) is 5.75 Å². The Balaban J connectivity index is 2.44. The maximum atomic E-state index is 10.3. The van der Waals surface area contributed by atoms with Crippen molar-refractivity contribution in [2.45, 2.75) is 6.92 Å². The monoisotopic (exact) mass is 294 g/mol. The molecule has 0 heterocycles. The zero-order valence-electron chi connectivity index (χ0n) is 12.9. The van der Waals surface area contributed by atoms with E-state index in [0.717, 1.165) is 27.5 Å². The molecular weight excluding hydrogens is 276 g/mol. The summed E-state index contributed by atoms with van der Waals surface area (Å²) < 4.78 is 10.9. The molecule has 0 saturated carbocycles. The van der Waals surface area contributed by atoms with Crippen molar-refractivity contribution in [3.05, 3.63) is 54.1 Å². The number of ether oxygens (including phenoxy) is 2. The predicted molar refractivity (Wildman–Crippen MR) is 88.9 cm³/mol. The number of methoxy groups -OCH3 is 2. The van der Waals surface area contributed by atoms with Gasteiger partial charge in [-0.25, -0.2) is 0 Å². The second kappa shape index (κ2) is 5.60. The Labute approximate surface area is 129 Å². The lowest BCUT2D eigenvalue weighted by atomic mass is 9.94. The minimum atomic E-state index is 0.248. The first kappa shape index (κ1) is 14.3. The Morgan fingerprint density at radius 1 is 0.909 bits per heavy atom. The van der Waals surface area contributed by atoms with Crippen LogP contribution < -0.4 is 9.47 Å². The summed E-state index contributed by atoms with van der Waals surface area (Å²) in [6.07, 6.45) is 0. The summed E-state index contributed by atoms with van der Waals surface area (Å²) in [6.45, 7) is 1.88. The van der Waals surface area contributed by atoms with Crippen LogP contribution in [0.25, 0.3) is 21.9 Å². The Bertz CT molecular complexity index is 823. The lowest BCUT2D eigenvalue weighted by molar-refractivity contribution is 0.358. The fourth-order valence-corrected chi connectivity index (χ4v) is 2.83. The largest absolute Gasteiger partial charge is 0.508 e. The SMILES string of the molecule is COc1ccc2c(-c3ccccc3)cc(O)c(C)c2c1OC. The third kappa shape index (κ3) is 2.15. The molecule has 3 nitrogen and oxygen atoms in total. The van der Waals surface area contributed by atoms with E-state index < -0.39 is 0 Å². The van der Waals surface area contributed by atoms with E-state index in [1.807, 2.05) is 49.4 Å². The highest BCUT2D eigenvalue weighted by atomic mass is 16.5. The number of phenols is 1. The standard InChI is InChI=1S/C19H18O3/c1-12-16(20)11-15(13-7-5-4-6-8-13)14-9-10-17(21-2)19(22-3)18(12)14/h4-11,20H,1-3H3. The van der Waals surface area contributed by atoms with Crippen molar-refractivity contribution in [3.8, 4) is 28.4 Å². The molecule has 1 N–H and O–H groups in total. The summed E-state index contributed by atoms with van der Waals surface area (Å²) in [5.74, 6) is 1.55. The molecule has 3 rings (SSSR count). The van der Waals surface area contributed by atoms with E-state index in [1.165, 1.54) is 0 Å². The predicted octanol–water partition coefficient (Wildman–Crippen LogP) is 4.54. The fourth-order valence-electron chi connectivity index (χ4n) is 2.83. The van der Waals surface area contributed by atoms with Gasteiger partial charge in [-0.15, -0.1) is 0 Å². The van der Waals surface area contributed by atoms with Gasteiger partial charge in [0.15, 0.2) is 11.5 Å². The Kier molecular flexibility index (Phi) is 3.63. The molecule has 22 heavy (non-hydrogen) atoms. The van der Waals surface area contributed by atoms with E-state index in [0.29, 0.717) is 11.5 Å². The van der Waals surface area contributed by atoms with Gasteiger partial charge >= 0.3 is 0 Å². The van der Waals surface area contributed by atoms with Crippen molar-refractivity contribution in [2.75, 3.05) is 14.2 Å². The highest BCUT2D eigenvalue weighted by molar-refractivity contribution is 6.04. The highest BCUT2D eigenvalue weighted by Gasteiger charge is 2.17. The van der Waals surface area contributed by atoms with Gasteiger partial charge in [-0.2, -0.15) is 0 Å². The molecule has 0 fully saturated rings. The van der Waals surface area contributed by atoms with E-state index in [1.54, 1.807) is 20.3 Å². The number of phenolic OH excluding ortho intramolecular Hbond substituents is 1. The zero-order chi connectivity index (χ0) is 15.7. The molecule has 0 amide bonds. The van der Waals surface area contributed by atoms with Crippen LogP contribution in [-0.2, 0) is 0 Å². The maximum absolute atomic E-state index is 10.3. The van der Waals surface area contributed by atoms with E-state index in [-0.39, 0.29) is 5.75 Å². The molecule has 0 aliphatic rings. The molecule has 3 aromatic rings. The molecule has 3 aromatic carbocycles. The van der Waals surface area contributed by atoms with Gasteiger partial charge in [0.2, 0.25) is 0 Å². The molecular formula is C19H18O3. The number of rotatable bonds is 3. The first-order valence-electron chi connectivity index (χ1n) is 7.10. The molecule has 0 bridgehead atoms. The average molecular weight is 294 g/mol. The summed E-state index contributed by atoms with van der Waals surface area (Å²) in [5.41, 5.74) is 2.81. The maximum Gasteiger partial charge on any atom is 0.168 e. The number of aromatic hydroxyl groups is 1. The Morgan fingerprint density at radius 3 is 2.27 bits per heavy atom. The first-order valence-corrected chi connectivity index (χ1v) is 7.10. The first-order chi connectivity index (χ1) is 10.7. The molecule has 0 aliphatic carbocycles. The van der Waals surface area contributed by atoms with Crippen LogP contribution in [-0.4, -0.2) is 19.3 Å². The summed E-state index contributed by atoms with van der Waals surface area (Å²) in [5, 5.41) is 12.2. The minimum absolute atomic E-state index is 0.248. The third-order valence-corrected chi connectivity index (χ3v) is 3.96. The van der Waals surface area contributed by atoms with Crippen molar-refractivity contribution in [2.24, 2.45) is 0 Å². The van der Waals surface area contributed by atoms with Crippen LogP contribution in [0.5, 0.6) is 17.2 Å². The van der Waals surface area contributed by atoms with Gasteiger partial charge in [0, 0.05) is 10.9 Å². The quantitative estimate of drug-likeness (QED) is 0.771. The van der Waals surface area contributed by atoms with E-state index in [2.05, 4.69) is 0 Å². The Hall–Kier alpha value is -2.68. The average Bonchev–Trinajstić information content (AvgIpc) is 2.57. The van der Waals surface area contributed by atoms with E-state index in [4.69, 9.17) is 9.47 Å². The van der Waals surface area contributed by atoms with E-state index >= 15 is 0 Å². The smallest absolute Gasteiger partial charge is 0.168 e. The second-order valence-corrected chi connectivity index (χ2v) is 5.16. The van der Waals surface area contributed by atoms with Crippen molar-refractivity contribution in [1.82, 2.24) is 0 Å².